The number of hydrogen-bond acceptors (Lipinski definition) is 6. The SMILES string of the molecule is COC(=O)[C@@H](CC(C)C)NC(=O)COC(=O)CNC(=O)c1ccccc1. The number of amides is 2. The Labute approximate surface area is 152 Å². The molecule has 2 N–H and O–H groups in total. The van der Waals surface area contributed by atoms with Crippen LogP contribution in [0.15, 0.2) is 30.3 Å². The number of benzene rings is 1. The second-order valence-corrected chi connectivity index (χ2v) is 5.98. The summed E-state index contributed by atoms with van der Waals surface area (Å²) in [6.45, 7) is 2.88. The van der Waals surface area contributed by atoms with Gasteiger partial charge in [0.15, 0.2) is 6.61 Å². The van der Waals surface area contributed by atoms with Gasteiger partial charge in [-0.25, -0.2) is 4.79 Å². The van der Waals surface area contributed by atoms with E-state index in [1.54, 1.807) is 30.3 Å². The third-order valence-electron chi connectivity index (χ3n) is 3.32. The van der Waals surface area contributed by atoms with E-state index >= 15 is 0 Å². The van der Waals surface area contributed by atoms with Crippen LogP contribution in [0.5, 0.6) is 0 Å². The number of methoxy groups -OCH3 is 1. The molecule has 0 radical (unpaired) electrons. The Morgan fingerprint density at radius 2 is 1.73 bits per heavy atom. The Morgan fingerprint density at radius 3 is 2.31 bits per heavy atom. The first kappa shape index (κ1) is 21.1. The number of ether oxygens (including phenoxy) is 2. The number of nitrogens with one attached hydrogen (secondary N) is 2. The van der Waals surface area contributed by atoms with Crippen LogP contribution in [0.4, 0.5) is 0 Å². The average Bonchev–Trinajstić information content (AvgIpc) is 2.63. The lowest BCUT2D eigenvalue weighted by molar-refractivity contribution is -0.149. The summed E-state index contributed by atoms with van der Waals surface area (Å²) in [4.78, 5) is 46.9. The lowest BCUT2D eigenvalue weighted by atomic mass is 10.0. The van der Waals surface area contributed by atoms with Crippen molar-refractivity contribution >= 4 is 23.8 Å². The molecule has 0 bridgehead atoms. The van der Waals surface area contributed by atoms with Gasteiger partial charge in [0.2, 0.25) is 0 Å². The molecule has 1 aromatic carbocycles. The van der Waals surface area contributed by atoms with Gasteiger partial charge in [-0.3, -0.25) is 14.4 Å². The highest BCUT2D eigenvalue weighted by molar-refractivity contribution is 5.96. The fourth-order valence-corrected chi connectivity index (χ4v) is 2.10. The molecular formula is C18H24N2O6. The summed E-state index contributed by atoms with van der Waals surface area (Å²) in [6.07, 6.45) is 0.402. The Balaban J connectivity index is 2.37. The zero-order valence-corrected chi connectivity index (χ0v) is 15.1. The minimum atomic E-state index is -0.802. The van der Waals surface area contributed by atoms with Crippen molar-refractivity contribution in [3.8, 4) is 0 Å². The minimum absolute atomic E-state index is 0.162. The Kier molecular flexibility index (Phi) is 8.83. The molecule has 0 aromatic heterocycles. The largest absolute Gasteiger partial charge is 0.467 e. The van der Waals surface area contributed by atoms with E-state index in [0.29, 0.717) is 12.0 Å². The molecule has 8 heteroatoms. The van der Waals surface area contributed by atoms with E-state index in [-0.39, 0.29) is 12.5 Å². The number of carbonyl (C=O) groups is 4. The van der Waals surface area contributed by atoms with E-state index in [2.05, 4.69) is 15.4 Å². The molecule has 2 amide bonds. The van der Waals surface area contributed by atoms with Crippen LogP contribution in [0.1, 0.15) is 30.6 Å². The van der Waals surface area contributed by atoms with E-state index < -0.39 is 36.4 Å². The molecule has 0 heterocycles. The van der Waals surface area contributed by atoms with Gasteiger partial charge < -0.3 is 20.1 Å². The zero-order valence-electron chi connectivity index (χ0n) is 15.1. The highest BCUT2D eigenvalue weighted by Gasteiger charge is 2.23. The number of rotatable bonds is 9. The van der Waals surface area contributed by atoms with Crippen molar-refractivity contribution in [1.82, 2.24) is 10.6 Å². The summed E-state index contributed by atoms with van der Waals surface area (Å²) in [6, 6.07) is 7.58. The van der Waals surface area contributed by atoms with Gasteiger partial charge >= 0.3 is 11.9 Å². The second kappa shape index (κ2) is 10.9. The van der Waals surface area contributed by atoms with Gasteiger partial charge in [0.1, 0.15) is 12.6 Å². The fourth-order valence-electron chi connectivity index (χ4n) is 2.10. The number of esters is 2. The first-order chi connectivity index (χ1) is 12.3. The van der Waals surface area contributed by atoms with Gasteiger partial charge in [0.25, 0.3) is 11.8 Å². The molecule has 8 nitrogen and oxygen atoms in total. The van der Waals surface area contributed by atoms with Crippen LogP contribution in [0.3, 0.4) is 0 Å². The molecule has 0 spiro atoms. The molecular weight excluding hydrogens is 340 g/mol. The summed E-state index contributed by atoms with van der Waals surface area (Å²) < 4.78 is 9.43. The van der Waals surface area contributed by atoms with Crippen LogP contribution in [0.25, 0.3) is 0 Å². The Bertz CT molecular complexity index is 630. The molecule has 0 aliphatic carbocycles. The third kappa shape index (κ3) is 7.78. The molecule has 0 fully saturated rings. The van der Waals surface area contributed by atoms with Crippen molar-refractivity contribution in [1.29, 1.82) is 0 Å². The normalized spacial score (nSPS) is 11.4. The van der Waals surface area contributed by atoms with Gasteiger partial charge in [0, 0.05) is 5.56 Å². The van der Waals surface area contributed by atoms with Crippen molar-refractivity contribution in [3.05, 3.63) is 35.9 Å². The van der Waals surface area contributed by atoms with E-state index in [4.69, 9.17) is 4.74 Å². The first-order valence-electron chi connectivity index (χ1n) is 8.19. The Hall–Kier alpha value is -2.90. The average molecular weight is 364 g/mol. The van der Waals surface area contributed by atoms with E-state index in [9.17, 15) is 19.2 Å². The predicted molar refractivity (Wildman–Crippen MR) is 93.1 cm³/mol. The van der Waals surface area contributed by atoms with E-state index in [0.717, 1.165) is 0 Å². The van der Waals surface area contributed by atoms with Crippen molar-refractivity contribution in [3.63, 3.8) is 0 Å². The van der Waals surface area contributed by atoms with Gasteiger partial charge in [-0.1, -0.05) is 32.0 Å². The van der Waals surface area contributed by atoms with E-state index in [1.165, 1.54) is 7.11 Å². The van der Waals surface area contributed by atoms with Crippen molar-refractivity contribution in [2.24, 2.45) is 5.92 Å². The molecule has 0 aliphatic rings. The molecule has 0 saturated heterocycles. The number of carbonyl (C=O) groups excluding carboxylic acids is 4. The Morgan fingerprint density at radius 1 is 1.08 bits per heavy atom. The topological polar surface area (TPSA) is 111 Å². The van der Waals surface area contributed by atoms with Crippen LogP contribution < -0.4 is 10.6 Å². The lowest BCUT2D eigenvalue weighted by Crippen LogP contribution is -2.44. The summed E-state index contributed by atoms with van der Waals surface area (Å²) in [5, 5.41) is 4.86. The molecule has 26 heavy (non-hydrogen) atoms. The van der Waals surface area contributed by atoms with Crippen LogP contribution in [-0.2, 0) is 23.9 Å². The molecule has 0 unspecified atom stereocenters. The summed E-state index contributed by atoms with van der Waals surface area (Å²) in [5.74, 6) is -2.20. The molecule has 1 atom stereocenters. The number of hydrogen-bond donors (Lipinski definition) is 2. The highest BCUT2D eigenvalue weighted by Crippen LogP contribution is 2.06. The maximum atomic E-state index is 11.8. The maximum Gasteiger partial charge on any atom is 0.328 e. The third-order valence-corrected chi connectivity index (χ3v) is 3.32. The smallest absolute Gasteiger partial charge is 0.328 e. The van der Waals surface area contributed by atoms with E-state index in [1.807, 2.05) is 13.8 Å². The molecule has 1 aromatic rings. The summed E-state index contributed by atoms with van der Waals surface area (Å²) in [5.41, 5.74) is 0.410. The first-order valence-corrected chi connectivity index (χ1v) is 8.19. The lowest BCUT2D eigenvalue weighted by Gasteiger charge is -2.18. The van der Waals surface area contributed by atoms with Crippen molar-refractivity contribution < 1.29 is 28.7 Å². The predicted octanol–water partition coefficient (Wildman–Crippen LogP) is 0.664. The molecule has 0 aliphatic heterocycles. The van der Waals surface area contributed by atoms with Gasteiger partial charge in [-0.05, 0) is 24.5 Å². The van der Waals surface area contributed by atoms with Gasteiger partial charge in [-0.2, -0.15) is 0 Å². The standard InChI is InChI=1S/C18H24N2O6/c1-12(2)9-14(18(24)25-3)20-15(21)11-26-16(22)10-19-17(23)13-7-5-4-6-8-13/h4-8,12,14H,9-11H2,1-3H3,(H,19,23)(H,20,21)/t14-/m1/s1. The van der Waals surface area contributed by atoms with Crippen molar-refractivity contribution in [2.45, 2.75) is 26.3 Å². The second-order valence-electron chi connectivity index (χ2n) is 5.98. The fraction of sp³-hybridized carbons (Fsp3) is 0.444. The molecule has 142 valence electrons. The monoisotopic (exact) mass is 364 g/mol. The highest BCUT2D eigenvalue weighted by atomic mass is 16.5. The summed E-state index contributed by atoms with van der Waals surface area (Å²) >= 11 is 0. The summed E-state index contributed by atoms with van der Waals surface area (Å²) in [7, 11) is 1.23. The quantitative estimate of drug-likeness (QED) is 0.623. The minimum Gasteiger partial charge on any atom is -0.467 e. The van der Waals surface area contributed by atoms with Crippen LogP contribution in [-0.4, -0.2) is 50.1 Å². The van der Waals surface area contributed by atoms with Crippen molar-refractivity contribution in [2.75, 3.05) is 20.3 Å². The van der Waals surface area contributed by atoms with Gasteiger partial charge in [0.05, 0.1) is 7.11 Å². The van der Waals surface area contributed by atoms with Crippen LogP contribution in [0.2, 0.25) is 0 Å². The molecule has 0 saturated carbocycles. The zero-order chi connectivity index (χ0) is 19.5. The van der Waals surface area contributed by atoms with Gasteiger partial charge in [-0.15, -0.1) is 0 Å². The van der Waals surface area contributed by atoms with Crippen LogP contribution >= 0.6 is 0 Å². The molecule has 1 rings (SSSR count). The maximum absolute atomic E-state index is 11.8. The van der Waals surface area contributed by atoms with Crippen LogP contribution in [0, 0.1) is 5.92 Å².